The normalized spacial score (nSPS) is 22.5. The van der Waals surface area contributed by atoms with E-state index in [2.05, 4.69) is 42.1 Å². The number of urea groups is 2. The molecule has 4 aliphatic rings. The Morgan fingerprint density at radius 2 is 1.02 bits per heavy atom. The Morgan fingerprint density at radius 1 is 0.600 bits per heavy atom. The number of benzene rings is 4. The molecule has 0 radical (unpaired) electrons. The summed E-state index contributed by atoms with van der Waals surface area (Å²) in [6.45, 7) is 3.18. The third-order valence-electron chi connectivity index (χ3n) is 10.3. The maximum Gasteiger partial charge on any atom is 0.332 e. The Bertz CT molecular complexity index is 2140. The van der Waals surface area contributed by atoms with Crippen LogP contribution in [0, 0.1) is 0 Å². The summed E-state index contributed by atoms with van der Waals surface area (Å²) in [4.78, 5) is 61.4. The number of carbonyl (C=O) groups excluding carboxylic acids is 4. The number of likely N-dealkylation sites (N-methyl/N-ethyl adjacent to an activating group) is 1. The van der Waals surface area contributed by atoms with Crippen molar-refractivity contribution in [2.75, 3.05) is 56.1 Å². The van der Waals surface area contributed by atoms with Gasteiger partial charge in [-0.3, -0.25) is 9.59 Å². The molecule has 16 heteroatoms. The van der Waals surface area contributed by atoms with E-state index < -0.39 is 11.1 Å². The highest BCUT2D eigenvalue weighted by atomic mass is 79.9. The van der Waals surface area contributed by atoms with Crippen molar-refractivity contribution >= 4 is 114 Å². The van der Waals surface area contributed by atoms with Crippen LogP contribution in [0.1, 0.15) is 11.1 Å². The van der Waals surface area contributed by atoms with Crippen LogP contribution in [0.15, 0.2) is 93.9 Å². The van der Waals surface area contributed by atoms with Gasteiger partial charge in [0.2, 0.25) is 0 Å². The first-order valence-corrected chi connectivity index (χ1v) is 20.4. The number of hydrogen-bond acceptors (Lipinski definition) is 6. The fourth-order valence-corrected chi connectivity index (χ4v) is 9.34. The minimum Gasteiger partial charge on any atom is -0.312 e. The lowest BCUT2D eigenvalue weighted by Crippen LogP contribution is -2.63. The minimum atomic E-state index is -0.960. The van der Waals surface area contributed by atoms with Crippen molar-refractivity contribution in [2.24, 2.45) is 0 Å². The van der Waals surface area contributed by atoms with Gasteiger partial charge in [-0.1, -0.05) is 103 Å². The van der Waals surface area contributed by atoms with E-state index in [1.54, 1.807) is 46.2 Å². The third kappa shape index (κ3) is 7.77. The Hall–Kier alpha value is -3.20. The number of amides is 6. The lowest BCUT2D eigenvalue weighted by Gasteiger charge is -2.43. The fraction of sp³-hybridized carbons (Fsp3) is 0.282. The summed E-state index contributed by atoms with van der Waals surface area (Å²) in [5, 5.41) is 4.79. The second-order valence-electron chi connectivity index (χ2n) is 14.0. The number of halogens is 6. The van der Waals surface area contributed by atoms with Crippen LogP contribution in [0.3, 0.4) is 0 Å². The Balaban J connectivity index is 0.000000169. The van der Waals surface area contributed by atoms with Crippen molar-refractivity contribution in [3.8, 4) is 0 Å². The zero-order chi connectivity index (χ0) is 39.2. The van der Waals surface area contributed by atoms with Gasteiger partial charge < -0.3 is 20.0 Å². The molecular weight excluding hydrogens is 918 g/mol. The summed E-state index contributed by atoms with van der Waals surface area (Å²) in [7, 11) is 1.97. The minimum absolute atomic E-state index is 0.245. The molecule has 4 saturated heterocycles. The van der Waals surface area contributed by atoms with Crippen LogP contribution in [0.25, 0.3) is 0 Å². The maximum absolute atomic E-state index is 13.7. The zero-order valence-corrected chi connectivity index (χ0v) is 35.6. The highest BCUT2D eigenvalue weighted by Crippen LogP contribution is 2.40. The third-order valence-corrected chi connectivity index (χ3v) is 12.2. The first-order valence-electron chi connectivity index (χ1n) is 17.3. The predicted molar refractivity (Wildman–Crippen MR) is 224 cm³/mol. The van der Waals surface area contributed by atoms with Gasteiger partial charge in [0.05, 0.1) is 11.4 Å². The average Bonchev–Trinajstić information content (AvgIpc) is 3.47. The highest BCUT2D eigenvalue weighted by Gasteiger charge is 2.60. The monoisotopic (exact) mass is 948 g/mol. The topological polar surface area (TPSA) is 96.5 Å². The molecule has 55 heavy (non-hydrogen) atoms. The molecule has 0 bridgehead atoms. The fourth-order valence-electron chi connectivity index (χ4n) is 7.79. The van der Waals surface area contributed by atoms with E-state index in [1.165, 1.54) is 9.80 Å². The van der Waals surface area contributed by atoms with Gasteiger partial charge in [0.15, 0.2) is 0 Å². The molecule has 2 unspecified atom stereocenters. The van der Waals surface area contributed by atoms with Crippen LogP contribution in [-0.4, -0.2) is 96.0 Å². The second-order valence-corrected chi connectivity index (χ2v) is 17.6. The van der Waals surface area contributed by atoms with Gasteiger partial charge in [0.1, 0.15) is 11.1 Å². The number of piperazine rings is 2. The van der Waals surface area contributed by atoms with Crippen molar-refractivity contribution in [1.29, 1.82) is 0 Å². The number of fused-ring (bicyclic) bond motifs is 2. The molecule has 10 nitrogen and oxygen atoms in total. The van der Waals surface area contributed by atoms with Crippen molar-refractivity contribution in [1.82, 2.24) is 20.0 Å². The molecule has 286 valence electrons. The lowest BCUT2D eigenvalue weighted by molar-refractivity contribution is -0.127. The summed E-state index contributed by atoms with van der Waals surface area (Å²) >= 11 is 31.3. The molecule has 0 aliphatic carbocycles. The molecule has 0 saturated carbocycles. The molecule has 6 amide bonds. The molecular formula is C39H34Br2Cl4N6O4. The molecule has 4 aliphatic heterocycles. The van der Waals surface area contributed by atoms with E-state index in [1.807, 2.05) is 55.6 Å². The largest absolute Gasteiger partial charge is 0.332 e. The van der Waals surface area contributed by atoms with Gasteiger partial charge in [0.25, 0.3) is 11.8 Å². The molecule has 2 atom stereocenters. The van der Waals surface area contributed by atoms with Crippen molar-refractivity contribution in [2.45, 2.75) is 23.9 Å². The van der Waals surface area contributed by atoms with Gasteiger partial charge in [-0.15, -0.1) is 0 Å². The SMILES string of the molecule is CN1CCN2C(=O)N(c3cc(Cl)cc(Cl)c3)C(=O)C2(Cc2ccc(Br)cc2)C1.O=C1N(c2cc(Cl)cc(Cl)c2)C(=O)C2(Cc3ccc(Br)cc3)CNCCN12. The first-order chi connectivity index (χ1) is 26.2. The molecule has 4 aromatic rings. The lowest BCUT2D eigenvalue weighted by atomic mass is 9.87. The number of carbonyl (C=O) groups is 4. The summed E-state index contributed by atoms with van der Waals surface area (Å²) in [5.41, 5.74) is 0.867. The Labute approximate surface area is 355 Å². The van der Waals surface area contributed by atoms with Crippen LogP contribution in [-0.2, 0) is 22.4 Å². The van der Waals surface area contributed by atoms with E-state index in [0.717, 1.165) is 20.1 Å². The van der Waals surface area contributed by atoms with E-state index in [0.29, 0.717) is 83.6 Å². The molecule has 4 aromatic carbocycles. The van der Waals surface area contributed by atoms with Crippen LogP contribution in [0.2, 0.25) is 20.1 Å². The standard InChI is InChI=1S/C20H18BrCl2N3O2.C19H16BrCl2N3O2/c1-24-6-7-25-19(28)26(17-9-15(22)8-16(23)10-17)18(27)20(25,12-24)11-13-2-4-14(21)5-3-13;20-13-3-1-12(2-4-13)10-19-11-23-5-6-24(19)18(27)25(17(19)26)16-8-14(21)7-15(22)9-16/h2-5,8-10H,6-7,11-12H2,1H3;1-4,7-9,23H,5-6,10-11H2. The van der Waals surface area contributed by atoms with Gasteiger partial charge >= 0.3 is 12.1 Å². The second kappa shape index (κ2) is 16.0. The Kier molecular flexibility index (Phi) is 11.6. The molecule has 4 fully saturated rings. The van der Waals surface area contributed by atoms with E-state index in [4.69, 9.17) is 46.4 Å². The van der Waals surface area contributed by atoms with Gasteiger partial charge in [-0.2, -0.15) is 0 Å². The number of hydrogen-bond donors (Lipinski definition) is 1. The molecule has 0 spiro atoms. The summed E-state index contributed by atoms with van der Waals surface area (Å²) in [5.74, 6) is -0.508. The smallest absolute Gasteiger partial charge is 0.312 e. The van der Waals surface area contributed by atoms with Crippen molar-refractivity contribution in [3.05, 3.63) is 125 Å². The predicted octanol–water partition coefficient (Wildman–Crippen LogP) is 8.56. The zero-order valence-electron chi connectivity index (χ0n) is 29.4. The van der Waals surface area contributed by atoms with Gasteiger partial charge in [-0.05, 0) is 78.8 Å². The Morgan fingerprint density at radius 3 is 1.49 bits per heavy atom. The number of imide groups is 2. The van der Waals surface area contributed by atoms with Crippen LogP contribution < -0.4 is 15.1 Å². The van der Waals surface area contributed by atoms with Crippen molar-refractivity contribution in [3.63, 3.8) is 0 Å². The number of nitrogens with one attached hydrogen (secondary N) is 1. The number of anilines is 2. The van der Waals surface area contributed by atoms with Crippen LogP contribution in [0.5, 0.6) is 0 Å². The summed E-state index contributed by atoms with van der Waals surface area (Å²) < 4.78 is 1.93. The maximum atomic E-state index is 13.7. The van der Waals surface area contributed by atoms with E-state index in [-0.39, 0.29) is 23.9 Å². The van der Waals surface area contributed by atoms with E-state index >= 15 is 0 Å². The average molecular weight is 952 g/mol. The molecule has 1 N–H and O–H groups in total. The quantitative estimate of drug-likeness (QED) is 0.195. The number of rotatable bonds is 6. The van der Waals surface area contributed by atoms with Crippen LogP contribution in [0.4, 0.5) is 21.0 Å². The number of nitrogens with zero attached hydrogens (tertiary/aromatic N) is 5. The molecule has 0 aromatic heterocycles. The molecule has 8 rings (SSSR count). The van der Waals surface area contributed by atoms with Gasteiger partial charge in [-0.25, -0.2) is 19.4 Å². The molecule has 4 heterocycles. The summed E-state index contributed by atoms with van der Waals surface area (Å²) in [6, 6.07) is 24.5. The summed E-state index contributed by atoms with van der Waals surface area (Å²) in [6.07, 6.45) is 0.878. The van der Waals surface area contributed by atoms with Gasteiger partial charge in [0, 0.05) is 81.1 Å². The van der Waals surface area contributed by atoms with E-state index in [9.17, 15) is 19.2 Å². The highest BCUT2D eigenvalue weighted by molar-refractivity contribution is 9.10. The first kappa shape index (κ1) is 40.0. The van der Waals surface area contributed by atoms with Crippen LogP contribution >= 0.6 is 78.3 Å². The van der Waals surface area contributed by atoms with Crippen molar-refractivity contribution < 1.29 is 19.2 Å².